The molecule has 4 aromatic heterocycles. The molecule has 1 aliphatic carbocycles. The Kier molecular flexibility index (Phi) is 4.03. The van der Waals surface area contributed by atoms with E-state index in [1.165, 1.54) is 19.3 Å². The Morgan fingerprint density at radius 1 is 0.906 bits per heavy atom. The first kappa shape index (κ1) is 18.2. The molecule has 2 fully saturated rings. The summed E-state index contributed by atoms with van der Waals surface area (Å²) in [5.74, 6) is 5.89. The van der Waals surface area contributed by atoms with Gasteiger partial charge in [-0.3, -0.25) is 0 Å². The summed E-state index contributed by atoms with van der Waals surface area (Å²) in [6.07, 6.45) is 8.72. The Morgan fingerprint density at radius 2 is 1.88 bits per heavy atom. The third-order valence-corrected chi connectivity index (χ3v) is 6.94. The van der Waals surface area contributed by atoms with E-state index < -0.39 is 0 Å². The molecule has 4 aromatic rings. The van der Waals surface area contributed by atoms with Crippen molar-refractivity contribution < 1.29 is 0 Å². The molecule has 7 rings (SSSR count). The van der Waals surface area contributed by atoms with Crippen molar-refractivity contribution >= 4 is 17.0 Å². The van der Waals surface area contributed by atoms with Gasteiger partial charge in [0.15, 0.2) is 11.5 Å². The highest BCUT2D eigenvalue weighted by Crippen LogP contribution is 2.38. The molecule has 162 valence electrons. The number of aryl methyl sites for hydroxylation is 1. The fourth-order valence-electron chi connectivity index (χ4n) is 5.10. The Labute approximate surface area is 185 Å². The van der Waals surface area contributed by atoms with Crippen LogP contribution in [0.25, 0.3) is 22.7 Å². The number of H-pyrrole nitrogens is 1. The summed E-state index contributed by atoms with van der Waals surface area (Å²) in [4.78, 5) is 24.6. The highest BCUT2D eigenvalue weighted by atomic mass is 15.3. The van der Waals surface area contributed by atoms with Crippen LogP contribution in [0.3, 0.4) is 0 Å². The molecule has 1 atom stereocenters. The Morgan fingerprint density at radius 3 is 2.81 bits per heavy atom. The molecule has 0 radical (unpaired) electrons. The largest absolute Gasteiger partial charge is 0.356 e. The standard InChI is InChI=1S/C23H25N9/c1-3-15(23-30-29-19-4-2-12-32(19)23)13-31(11-1)18-8-7-16-22(27-18)28-21(26-16)17-9-10-24-20(25-17)14-5-6-14/h7-10,14-15H,1-6,11-13H2,(H,26,27,28)/t15-/m0/s1. The maximum absolute atomic E-state index is 4.92. The molecule has 0 bridgehead atoms. The van der Waals surface area contributed by atoms with Gasteiger partial charge in [-0.15, -0.1) is 10.2 Å². The molecule has 6 heterocycles. The maximum Gasteiger partial charge on any atom is 0.160 e. The van der Waals surface area contributed by atoms with Gasteiger partial charge in [0, 0.05) is 44.1 Å². The van der Waals surface area contributed by atoms with E-state index in [-0.39, 0.29) is 0 Å². The lowest BCUT2D eigenvalue weighted by Crippen LogP contribution is -2.35. The van der Waals surface area contributed by atoms with E-state index in [9.17, 15) is 0 Å². The van der Waals surface area contributed by atoms with Crippen LogP contribution in [-0.2, 0) is 13.0 Å². The van der Waals surface area contributed by atoms with E-state index >= 15 is 0 Å². The van der Waals surface area contributed by atoms with Gasteiger partial charge in [0.05, 0.1) is 0 Å². The second kappa shape index (κ2) is 7.08. The van der Waals surface area contributed by atoms with Crippen molar-refractivity contribution in [3.8, 4) is 11.5 Å². The van der Waals surface area contributed by atoms with E-state index in [0.29, 0.717) is 11.8 Å². The van der Waals surface area contributed by atoms with Crippen molar-refractivity contribution in [3.05, 3.63) is 41.9 Å². The molecule has 1 N–H and O–H groups in total. The smallest absolute Gasteiger partial charge is 0.160 e. The van der Waals surface area contributed by atoms with Crippen molar-refractivity contribution in [1.29, 1.82) is 0 Å². The molecule has 1 saturated carbocycles. The van der Waals surface area contributed by atoms with Crippen LogP contribution in [0.4, 0.5) is 5.82 Å². The summed E-state index contributed by atoms with van der Waals surface area (Å²) in [7, 11) is 0. The number of fused-ring (bicyclic) bond motifs is 2. The number of hydrogen-bond acceptors (Lipinski definition) is 7. The van der Waals surface area contributed by atoms with Gasteiger partial charge in [-0.1, -0.05) is 0 Å². The third kappa shape index (κ3) is 3.06. The Bertz CT molecular complexity index is 1300. The summed E-state index contributed by atoms with van der Waals surface area (Å²) in [6.45, 7) is 2.99. The van der Waals surface area contributed by atoms with Gasteiger partial charge in [0.25, 0.3) is 0 Å². The van der Waals surface area contributed by atoms with Crippen LogP contribution in [0.1, 0.15) is 61.4 Å². The van der Waals surface area contributed by atoms with E-state index in [2.05, 4.69) is 41.8 Å². The maximum atomic E-state index is 4.92. The Balaban J connectivity index is 1.16. The molecule has 0 amide bonds. The first-order valence-electron chi connectivity index (χ1n) is 11.7. The van der Waals surface area contributed by atoms with Crippen molar-refractivity contribution in [2.75, 3.05) is 18.0 Å². The van der Waals surface area contributed by atoms with Gasteiger partial charge in [0.2, 0.25) is 0 Å². The number of imidazole rings is 1. The first-order chi connectivity index (χ1) is 15.8. The molecule has 1 saturated heterocycles. The van der Waals surface area contributed by atoms with E-state index in [4.69, 9.17) is 15.0 Å². The second-order valence-electron chi connectivity index (χ2n) is 9.21. The molecular formula is C23H25N9. The number of aromatic amines is 1. The van der Waals surface area contributed by atoms with E-state index in [1.807, 2.05) is 12.3 Å². The van der Waals surface area contributed by atoms with Crippen LogP contribution in [0.2, 0.25) is 0 Å². The number of piperidine rings is 1. The average Bonchev–Trinajstić information content (AvgIpc) is 3.24. The van der Waals surface area contributed by atoms with E-state index in [1.54, 1.807) is 0 Å². The number of rotatable bonds is 4. The van der Waals surface area contributed by atoms with Crippen molar-refractivity contribution in [3.63, 3.8) is 0 Å². The minimum absolute atomic E-state index is 0.403. The molecule has 32 heavy (non-hydrogen) atoms. The molecule has 0 aromatic carbocycles. The monoisotopic (exact) mass is 427 g/mol. The minimum atomic E-state index is 0.403. The SMILES string of the molecule is c1cc(-c2nc3ccc(N4CCC[C@H](c5nnc6n5CCC6)C4)nc3[nH]2)nc(C2CC2)n1. The zero-order valence-electron chi connectivity index (χ0n) is 17.9. The van der Waals surface area contributed by atoms with Gasteiger partial charge in [-0.2, -0.15) is 0 Å². The van der Waals surface area contributed by atoms with Crippen LogP contribution in [0.15, 0.2) is 24.4 Å². The van der Waals surface area contributed by atoms with Crippen molar-refractivity contribution in [1.82, 2.24) is 39.7 Å². The lowest BCUT2D eigenvalue weighted by molar-refractivity contribution is 0.471. The second-order valence-corrected chi connectivity index (χ2v) is 9.21. The van der Waals surface area contributed by atoms with Gasteiger partial charge in [-0.05, 0) is 50.3 Å². The van der Waals surface area contributed by atoms with Crippen LogP contribution < -0.4 is 4.90 Å². The van der Waals surface area contributed by atoms with Gasteiger partial charge >= 0.3 is 0 Å². The van der Waals surface area contributed by atoms with E-state index in [0.717, 1.165) is 84.9 Å². The van der Waals surface area contributed by atoms with Crippen LogP contribution in [0.5, 0.6) is 0 Å². The van der Waals surface area contributed by atoms with Crippen molar-refractivity contribution in [2.24, 2.45) is 0 Å². The molecule has 0 spiro atoms. The summed E-state index contributed by atoms with van der Waals surface area (Å²) in [5.41, 5.74) is 2.49. The molecule has 9 nitrogen and oxygen atoms in total. The summed E-state index contributed by atoms with van der Waals surface area (Å²) < 4.78 is 2.34. The van der Waals surface area contributed by atoms with Gasteiger partial charge in [0.1, 0.15) is 34.5 Å². The molecule has 2 aliphatic heterocycles. The number of nitrogens with one attached hydrogen (secondary N) is 1. The topological polar surface area (TPSA) is 101 Å². The fraction of sp³-hybridized carbons (Fsp3) is 0.478. The number of nitrogens with zero attached hydrogens (tertiary/aromatic N) is 8. The third-order valence-electron chi connectivity index (χ3n) is 6.94. The van der Waals surface area contributed by atoms with Crippen LogP contribution in [0, 0.1) is 0 Å². The lowest BCUT2D eigenvalue weighted by atomic mass is 9.97. The summed E-state index contributed by atoms with van der Waals surface area (Å²) in [5, 5.41) is 8.96. The summed E-state index contributed by atoms with van der Waals surface area (Å²) >= 11 is 0. The number of hydrogen-bond donors (Lipinski definition) is 1. The average molecular weight is 428 g/mol. The first-order valence-corrected chi connectivity index (χ1v) is 11.7. The molecule has 3 aliphatic rings. The predicted octanol–water partition coefficient (Wildman–Crippen LogP) is 3.21. The highest BCUT2D eigenvalue weighted by Gasteiger charge is 2.29. The van der Waals surface area contributed by atoms with Crippen LogP contribution >= 0.6 is 0 Å². The van der Waals surface area contributed by atoms with Gasteiger partial charge < -0.3 is 14.5 Å². The minimum Gasteiger partial charge on any atom is -0.356 e. The quantitative estimate of drug-likeness (QED) is 0.534. The lowest BCUT2D eigenvalue weighted by Gasteiger charge is -2.33. The zero-order valence-corrected chi connectivity index (χ0v) is 17.9. The number of anilines is 1. The van der Waals surface area contributed by atoms with Crippen molar-refractivity contribution in [2.45, 2.75) is 56.9 Å². The highest BCUT2D eigenvalue weighted by molar-refractivity contribution is 5.77. The zero-order chi connectivity index (χ0) is 21.1. The van der Waals surface area contributed by atoms with Gasteiger partial charge in [-0.25, -0.2) is 19.9 Å². The van der Waals surface area contributed by atoms with Crippen LogP contribution in [-0.4, -0.2) is 52.8 Å². The summed E-state index contributed by atoms with van der Waals surface area (Å²) in [6, 6.07) is 6.05. The normalized spacial score (nSPS) is 20.8. The molecular weight excluding hydrogens is 402 g/mol. The fourth-order valence-corrected chi connectivity index (χ4v) is 5.10. The Hall–Kier alpha value is -3.36. The molecule has 9 heteroatoms. The molecule has 0 unspecified atom stereocenters. The number of aromatic nitrogens is 8. The number of pyridine rings is 1. The predicted molar refractivity (Wildman–Crippen MR) is 119 cm³/mol.